The van der Waals surface area contributed by atoms with Crippen molar-refractivity contribution in [2.24, 2.45) is 11.8 Å². The molecule has 1 fully saturated rings. The summed E-state index contributed by atoms with van der Waals surface area (Å²) < 4.78 is 2.25. The summed E-state index contributed by atoms with van der Waals surface area (Å²) in [5.41, 5.74) is 1.55. The number of benzene rings is 1. The maximum absolute atomic E-state index is 12.8. The first-order valence-electron chi connectivity index (χ1n) is 8.93. The number of carbonyl (C=O) groups is 2. The lowest BCUT2D eigenvalue weighted by Crippen LogP contribution is -2.31. The van der Waals surface area contributed by atoms with E-state index in [1.54, 1.807) is 12.1 Å². The van der Waals surface area contributed by atoms with Crippen molar-refractivity contribution in [3.8, 4) is 0 Å². The van der Waals surface area contributed by atoms with E-state index in [1.807, 2.05) is 18.2 Å². The molecule has 3 unspecified atom stereocenters. The summed E-state index contributed by atoms with van der Waals surface area (Å²) in [6.07, 6.45) is 7.58. The molecule has 1 heterocycles. The molecule has 1 saturated heterocycles. The van der Waals surface area contributed by atoms with Gasteiger partial charge in [0.1, 0.15) is 0 Å². The Morgan fingerprint density at radius 1 is 1.28 bits per heavy atom. The minimum Gasteiger partial charge on any atom is -0.352 e. The maximum atomic E-state index is 12.8. The molecule has 6 heteroatoms. The molecular formula is C19H24ClN2O2P. The minimum atomic E-state index is -0.301. The van der Waals surface area contributed by atoms with E-state index in [0.717, 1.165) is 37.7 Å². The van der Waals surface area contributed by atoms with Gasteiger partial charge in [0.25, 0.3) is 0 Å². The summed E-state index contributed by atoms with van der Waals surface area (Å²) in [6.45, 7) is 5.18. The molecule has 2 aliphatic rings. The van der Waals surface area contributed by atoms with Gasteiger partial charge < -0.3 is 4.67 Å². The van der Waals surface area contributed by atoms with Crippen LogP contribution in [0.3, 0.4) is 0 Å². The largest absolute Gasteiger partial charge is 0.352 e. The summed E-state index contributed by atoms with van der Waals surface area (Å²) in [5.74, 6) is -0.697. The van der Waals surface area contributed by atoms with E-state index < -0.39 is 0 Å². The Kier molecular flexibility index (Phi) is 5.81. The SMILES string of the molecule is CCCN(PCC)c1cc(N2C(=O)C3C=CCCC3C2=O)ccc1Cl. The highest BCUT2D eigenvalue weighted by Gasteiger charge is 2.47. The van der Waals surface area contributed by atoms with Gasteiger partial charge in [-0.05, 0) is 52.4 Å². The third-order valence-corrected chi connectivity index (χ3v) is 6.22. The van der Waals surface area contributed by atoms with E-state index in [4.69, 9.17) is 11.6 Å². The number of nitrogens with zero attached hydrogens (tertiary/aromatic N) is 2. The molecule has 1 aliphatic carbocycles. The van der Waals surface area contributed by atoms with Crippen molar-refractivity contribution in [3.63, 3.8) is 0 Å². The van der Waals surface area contributed by atoms with Gasteiger partial charge >= 0.3 is 0 Å². The lowest BCUT2D eigenvalue weighted by molar-refractivity contribution is -0.122. The number of hydrogen-bond donors (Lipinski definition) is 0. The number of anilines is 2. The molecule has 0 spiro atoms. The van der Waals surface area contributed by atoms with Crippen molar-refractivity contribution in [3.05, 3.63) is 35.4 Å². The molecule has 0 radical (unpaired) electrons. The zero-order valence-electron chi connectivity index (χ0n) is 14.7. The molecule has 1 aromatic rings. The van der Waals surface area contributed by atoms with Crippen molar-refractivity contribution >= 4 is 43.5 Å². The Hall–Kier alpha value is -1.38. The second-order valence-electron chi connectivity index (χ2n) is 6.45. The van der Waals surface area contributed by atoms with Crippen molar-refractivity contribution in [1.82, 2.24) is 0 Å². The molecule has 1 aliphatic heterocycles. The number of hydrogen-bond acceptors (Lipinski definition) is 3. The molecule has 3 atom stereocenters. The third-order valence-electron chi connectivity index (χ3n) is 4.74. The molecular weight excluding hydrogens is 355 g/mol. The number of allylic oxidation sites excluding steroid dienone is 1. The number of amides is 2. The summed E-state index contributed by atoms with van der Waals surface area (Å²) in [4.78, 5) is 26.9. The van der Waals surface area contributed by atoms with Gasteiger partial charge in [0.15, 0.2) is 0 Å². The molecule has 0 saturated carbocycles. The summed E-state index contributed by atoms with van der Waals surface area (Å²) >= 11 is 6.43. The van der Waals surface area contributed by atoms with E-state index in [2.05, 4.69) is 18.5 Å². The number of halogens is 1. The topological polar surface area (TPSA) is 40.6 Å². The average Bonchev–Trinajstić information content (AvgIpc) is 2.87. The van der Waals surface area contributed by atoms with Crippen molar-refractivity contribution in [2.75, 3.05) is 22.3 Å². The van der Waals surface area contributed by atoms with Gasteiger partial charge in [-0.15, -0.1) is 0 Å². The Morgan fingerprint density at radius 2 is 2.08 bits per heavy atom. The maximum Gasteiger partial charge on any atom is 0.241 e. The van der Waals surface area contributed by atoms with Gasteiger partial charge in [0.2, 0.25) is 11.8 Å². The molecule has 3 rings (SSSR count). The van der Waals surface area contributed by atoms with Crippen molar-refractivity contribution < 1.29 is 9.59 Å². The first-order valence-corrected chi connectivity index (χ1v) is 10.5. The van der Waals surface area contributed by atoms with E-state index in [1.165, 1.54) is 4.90 Å². The van der Waals surface area contributed by atoms with Crippen LogP contribution in [0, 0.1) is 11.8 Å². The quantitative estimate of drug-likeness (QED) is 0.412. The second kappa shape index (κ2) is 7.88. The molecule has 25 heavy (non-hydrogen) atoms. The summed E-state index contributed by atoms with van der Waals surface area (Å²) in [7, 11) is 0.631. The summed E-state index contributed by atoms with van der Waals surface area (Å²) in [6, 6.07) is 5.48. The number of imide groups is 1. The fourth-order valence-corrected chi connectivity index (χ4v) is 5.00. The van der Waals surface area contributed by atoms with Gasteiger partial charge in [-0.3, -0.25) is 9.59 Å². The van der Waals surface area contributed by atoms with Gasteiger partial charge in [0.05, 0.1) is 28.2 Å². The van der Waals surface area contributed by atoms with Gasteiger partial charge in [-0.1, -0.05) is 37.6 Å². The van der Waals surface area contributed by atoms with Crippen LogP contribution in [0.2, 0.25) is 5.02 Å². The van der Waals surface area contributed by atoms with Crippen LogP contribution in [0.15, 0.2) is 30.4 Å². The van der Waals surface area contributed by atoms with Crippen LogP contribution >= 0.6 is 20.3 Å². The lowest BCUT2D eigenvalue weighted by Gasteiger charge is -2.26. The van der Waals surface area contributed by atoms with E-state index in [0.29, 0.717) is 19.4 Å². The van der Waals surface area contributed by atoms with Crippen molar-refractivity contribution in [1.29, 1.82) is 0 Å². The molecule has 0 N–H and O–H groups in total. The fourth-order valence-electron chi connectivity index (χ4n) is 3.59. The Balaban J connectivity index is 1.95. The monoisotopic (exact) mass is 378 g/mol. The first-order chi connectivity index (χ1) is 12.1. The standard InChI is InChI=1S/C19H24ClN2O2P/c1-3-11-21(25-4-2)17-12-13(9-10-16(17)20)22-18(23)14-7-5-6-8-15(14)19(22)24/h5,7,9-10,12,14-15,25H,3-4,6,8,11H2,1-2H3. The predicted molar refractivity (Wildman–Crippen MR) is 106 cm³/mol. The zero-order chi connectivity index (χ0) is 18.0. The van der Waals surface area contributed by atoms with Gasteiger partial charge in [0, 0.05) is 6.54 Å². The van der Waals surface area contributed by atoms with Crippen LogP contribution in [-0.2, 0) is 9.59 Å². The second-order valence-corrected chi connectivity index (χ2v) is 8.42. The van der Waals surface area contributed by atoms with E-state index in [-0.39, 0.29) is 23.7 Å². The number of fused-ring (bicyclic) bond motifs is 1. The van der Waals surface area contributed by atoms with E-state index >= 15 is 0 Å². The van der Waals surface area contributed by atoms with Crippen LogP contribution in [0.5, 0.6) is 0 Å². The molecule has 0 bridgehead atoms. The molecule has 2 amide bonds. The number of rotatable bonds is 6. The zero-order valence-corrected chi connectivity index (χ0v) is 16.4. The average molecular weight is 379 g/mol. The van der Waals surface area contributed by atoms with E-state index in [9.17, 15) is 9.59 Å². The molecule has 134 valence electrons. The third kappa shape index (κ3) is 3.47. The smallest absolute Gasteiger partial charge is 0.241 e. The van der Waals surface area contributed by atoms with Crippen molar-refractivity contribution in [2.45, 2.75) is 33.1 Å². The Labute approximate surface area is 156 Å². The van der Waals surface area contributed by atoms with Crippen LogP contribution in [-0.4, -0.2) is 24.5 Å². The van der Waals surface area contributed by atoms with Crippen LogP contribution in [0.1, 0.15) is 33.1 Å². The van der Waals surface area contributed by atoms with Gasteiger partial charge in [-0.2, -0.15) is 0 Å². The lowest BCUT2D eigenvalue weighted by atomic mass is 9.86. The highest BCUT2D eigenvalue weighted by atomic mass is 35.5. The highest BCUT2D eigenvalue weighted by Crippen LogP contribution is 2.41. The highest BCUT2D eigenvalue weighted by molar-refractivity contribution is 7.40. The molecule has 1 aromatic carbocycles. The predicted octanol–water partition coefficient (Wildman–Crippen LogP) is 4.63. The van der Waals surface area contributed by atoms with Crippen LogP contribution < -0.4 is 9.57 Å². The van der Waals surface area contributed by atoms with Gasteiger partial charge in [-0.25, -0.2) is 4.90 Å². The summed E-state index contributed by atoms with van der Waals surface area (Å²) in [5, 5.41) is 0.662. The fraction of sp³-hybridized carbons (Fsp3) is 0.474. The minimum absolute atomic E-state index is 0.0763. The van der Waals surface area contributed by atoms with Crippen LogP contribution in [0.25, 0.3) is 0 Å². The first kappa shape index (κ1) is 18.4. The molecule has 4 nitrogen and oxygen atoms in total. The normalized spacial score (nSPS) is 22.9. The number of carbonyl (C=O) groups excluding carboxylic acids is 2. The Bertz CT molecular complexity index is 701. The van der Waals surface area contributed by atoms with Crippen LogP contribution in [0.4, 0.5) is 11.4 Å². The molecule has 0 aromatic heterocycles. The Morgan fingerprint density at radius 3 is 2.76 bits per heavy atom.